The van der Waals surface area contributed by atoms with Gasteiger partial charge in [-0.1, -0.05) is 24.3 Å². The maximum Gasteiger partial charge on any atom is 0.0921 e. The lowest BCUT2D eigenvalue weighted by molar-refractivity contribution is 0.681. The van der Waals surface area contributed by atoms with E-state index in [0.29, 0.717) is 0 Å². The minimum atomic E-state index is 0.877. The van der Waals surface area contributed by atoms with E-state index in [-0.39, 0.29) is 0 Å². The highest BCUT2D eigenvalue weighted by Gasteiger charge is 2.04. The Balaban J connectivity index is 1.37. The Bertz CT molecular complexity index is 877. The zero-order chi connectivity index (χ0) is 16.2. The van der Waals surface area contributed by atoms with Crippen molar-refractivity contribution in [2.24, 2.45) is 0 Å². The van der Waals surface area contributed by atoms with Gasteiger partial charge in [0.1, 0.15) is 0 Å². The van der Waals surface area contributed by atoms with Crippen molar-refractivity contribution in [3.05, 3.63) is 72.4 Å². The van der Waals surface area contributed by atoms with Crippen LogP contribution in [0.4, 0.5) is 0 Å². The van der Waals surface area contributed by atoms with Gasteiger partial charge < -0.3 is 10.3 Å². The molecule has 1 aromatic carbocycles. The van der Waals surface area contributed by atoms with Crippen molar-refractivity contribution in [3.8, 4) is 10.4 Å². The largest absolute Gasteiger partial charge is 0.348 e. The number of imidazole rings is 1. The highest BCUT2D eigenvalue weighted by Crippen LogP contribution is 2.32. The van der Waals surface area contributed by atoms with Gasteiger partial charge in [0.2, 0.25) is 0 Å². The Labute approximate surface area is 144 Å². The Morgan fingerprint density at radius 2 is 2.04 bits per heavy atom. The summed E-state index contributed by atoms with van der Waals surface area (Å²) in [5.74, 6) is 0. The molecule has 0 unspecified atom stereocenters. The highest BCUT2D eigenvalue weighted by atomic mass is 32.1. The summed E-state index contributed by atoms with van der Waals surface area (Å²) in [6.45, 7) is 1.81. The van der Waals surface area contributed by atoms with Crippen molar-refractivity contribution < 1.29 is 0 Å². The second-order valence-electron chi connectivity index (χ2n) is 5.70. The molecule has 3 aromatic heterocycles. The molecule has 5 heteroatoms. The molecule has 2 N–H and O–H groups in total. The number of H-pyrrole nitrogens is 1. The number of thiophene rings is 1. The van der Waals surface area contributed by atoms with Crippen LogP contribution in [0.5, 0.6) is 0 Å². The molecular formula is C19H18N4S. The van der Waals surface area contributed by atoms with E-state index in [1.165, 1.54) is 20.7 Å². The Morgan fingerprint density at radius 1 is 1.12 bits per heavy atom. The Hall–Kier alpha value is -2.50. The number of aromatic amines is 1. The van der Waals surface area contributed by atoms with Crippen LogP contribution in [-0.4, -0.2) is 21.5 Å². The molecule has 0 aliphatic rings. The molecule has 0 fully saturated rings. The highest BCUT2D eigenvalue weighted by molar-refractivity contribution is 7.22. The van der Waals surface area contributed by atoms with Crippen LogP contribution < -0.4 is 5.32 Å². The molecule has 4 aromatic rings. The van der Waals surface area contributed by atoms with Crippen LogP contribution in [0.25, 0.3) is 20.7 Å². The van der Waals surface area contributed by atoms with E-state index in [4.69, 9.17) is 0 Å². The molecular weight excluding hydrogens is 316 g/mol. The van der Waals surface area contributed by atoms with Crippen molar-refractivity contribution in [1.82, 2.24) is 20.3 Å². The summed E-state index contributed by atoms with van der Waals surface area (Å²) >= 11 is 1.79. The van der Waals surface area contributed by atoms with E-state index in [1.807, 2.05) is 18.5 Å². The molecule has 24 heavy (non-hydrogen) atoms. The molecule has 4 nitrogen and oxygen atoms in total. The van der Waals surface area contributed by atoms with Crippen LogP contribution in [0.2, 0.25) is 0 Å². The summed E-state index contributed by atoms with van der Waals surface area (Å²) < 4.78 is 1.23. The topological polar surface area (TPSA) is 53.6 Å². The molecule has 0 radical (unpaired) electrons. The molecule has 3 heterocycles. The van der Waals surface area contributed by atoms with Crippen LogP contribution in [0, 0.1) is 0 Å². The summed E-state index contributed by atoms with van der Waals surface area (Å²) in [4.78, 5) is 12.8. The van der Waals surface area contributed by atoms with Gasteiger partial charge in [0.25, 0.3) is 0 Å². The first-order valence-corrected chi connectivity index (χ1v) is 8.82. The quantitative estimate of drug-likeness (QED) is 0.524. The normalized spacial score (nSPS) is 11.2. The van der Waals surface area contributed by atoms with Crippen molar-refractivity contribution in [1.29, 1.82) is 0 Å². The monoisotopic (exact) mass is 334 g/mol. The standard InChI is InChI=1S/C19H18N4S/c1-2-18-17(22-8-1)10-19(24-18)15-5-3-14(4-6-15)11-20-9-7-16-12-21-13-23-16/h1-6,8,10,12-13,20H,7,9,11H2,(H,21,23). The number of aromatic nitrogens is 3. The number of fused-ring (bicyclic) bond motifs is 1. The lowest BCUT2D eigenvalue weighted by Gasteiger charge is -2.05. The molecule has 120 valence electrons. The van der Waals surface area contributed by atoms with E-state index in [1.54, 1.807) is 17.7 Å². The Kier molecular flexibility index (Phi) is 4.36. The first kappa shape index (κ1) is 15.1. The van der Waals surface area contributed by atoms with E-state index in [2.05, 4.69) is 56.7 Å². The predicted molar refractivity (Wildman–Crippen MR) is 99.1 cm³/mol. The third-order valence-electron chi connectivity index (χ3n) is 3.98. The number of nitrogens with zero attached hydrogens (tertiary/aromatic N) is 2. The molecule has 0 bridgehead atoms. The third kappa shape index (κ3) is 3.37. The fourth-order valence-corrected chi connectivity index (χ4v) is 3.70. The number of benzene rings is 1. The SMILES string of the molecule is c1cnc2cc(-c3ccc(CNCCc4cnc[nH]4)cc3)sc2c1. The molecule has 0 saturated carbocycles. The summed E-state index contributed by atoms with van der Waals surface area (Å²) in [6, 6.07) is 15.0. The zero-order valence-corrected chi connectivity index (χ0v) is 14.0. The second-order valence-corrected chi connectivity index (χ2v) is 6.78. The first-order chi connectivity index (χ1) is 11.9. The van der Waals surface area contributed by atoms with Crippen molar-refractivity contribution in [2.75, 3.05) is 6.54 Å². The number of rotatable bonds is 6. The average molecular weight is 334 g/mol. The fourth-order valence-electron chi connectivity index (χ4n) is 2.68. The minimum absolute atomic E-state index is 0.877. The van der Waals surface area contributed by atoms with Crippen LogP contribution in [-0.2, 0) is 13.0 Å². The molecule has 0 atom stereocenters. The van der Waals surface area contributed by atoms with Crippen LogP contribution in [0.3, 0.4) is 0 Å². The van der Waals surface area contributed by atoms with Crippen LogP contribution >= 0.6 is 11.3 Å². The van der Waals surface area contributed by atoms with Gasteiger partial charge in [0.05, 0.1) is 16.5 Å². The predicted octanol–water partition coefficient (Wildman–Crippen LogP) is 4.02. The van der Waals surface area contributed by atoms with Gasteiger partial charge in [-0.15, -0.1) is 11.3 Å². The van der Waals surface area contributed by atoms with Gasteiger partial charge >= 0.3 is 0 Å². The van der Waals surface area contributed by atoms with E-state index >= 15 is 0 Å². The zero-order valence-electron chi connectivity index (χ0n) is 13.2. The van der Waals surface area contributed by atoms with Crippen LogP contribution in [0.1, 0.15) is 11.3 Å². The van der Waals surface area contributed by atoms with E-state index in [0.717, 1.165) is 30.7 Å². The van der Waals surface area contributed by atoms with Gasteiger partial charge in [0, 0.05) is 42.5 Å². The molecule has 0 aliphatic carbocycles. The summed E-state index contributed by atoms with van der Waals surface area (Å²) in [5.41, 5.74) is 4.78. The fraction of sp³-hybridized carbons (Fsp3) is 0.158. The van der Waals surface area contributed by atoms with Gasteiger partial charge in [-0.05, 0) is 29.3 Å². The maximum absolute atomic E-state index is 4.41. The number of hydrogen-bond acceptors (Lipinski definition) is 4. The van der Waals surface area contributed by atoms with Crippen LogP contribution in [0.15, 0.2) is 61.2 Å². The number of pyridine rings is 1. The molecule has 4 rings (SSSR count). The molecule has 0 spiro atoms. The maximum atomic E-state index is 4.41. The second kappa shape index (κ2) is 6.95. The smallest absolute Gasteiger partial charge is 0.0921 e. The lowest BCUT2D eigenvalue weighted by atomic mass is 10.1. The number of hydrogen-bond donors (Lipinski definition) is 2. The van der Waals surface area contributed by atoms with Crippen molar-refractivity contribution >= 4 is 21.6 Å². The molecule has 0 aliphatic heterocycles. The summed E-state index contributed by atoms with van der Waals surface area (Å²) in [7, 11) is 0. The van der Waals surface area contributed by atoms with E-state index < -0.39 is 0 Å². The van der Waals surface area contributed by atoms with Gasteiger partial charge in [0.15, 0.2) is 0 Å². The number of nitrogens with one attached hydrogen (secondary N) is 2. The van der Waals surface area contributed by atoms with Gasteiger partial charge in [-0.25, -0.2) is 4.98 Å². The van der Waals surface area contributed by atoms with Crippen molar-refractivity contribution in [2.45, 2.75) is 13.0 Å². The summed E-state index contributed by atoms with van der Waals surface area (Å²) in [6.07, 6.45) is 6.40. The third-order valence-corrected chi connectivity index (χ3v) is 5.12. The molecule has 0 saturated heterocycles. The van der Waals surface area contributed by atoms with Gasteiger partial charge in [-0.3, -0.25) is 4.98 Å². The lowest BCUT2D eigenvalue weighted by Crippen LogP contribution is -2.16. The summed E-state index contributed by atoms with van der Waals surface area (Å²) in [5, 5.41) is 3.47. The minimum Gasteiger partial charge on any atom is -0.348 e. The molecule has 0 amide bonds. The first-order valence-electron chi connectivity index (χ1n) is 8.00. The Morgan fingerprint density at radius 3 is 2.83 bits per heavy atom. The van der Waals surface area contributed by atoms with Crippen molar-refractivity contribution in [3.63, 3.8) is 0 Å². The average Bonchev–Trinajstić information content (AvgIpc) is 3.28. The van der Waals surface area contributed by atoms with Gasteiger partial charge in [-0.2, -0.15) is 0 Å². The van der Waals surface area contributed by atoms with E-state index in [9.17, 15) is 0 Å².